The first-order chi connectivity index (χ1) is 22.4. The van der Waals surface area contributed by atoms with Gasteiger partial charge in [0.05, 0.1) is 23.6 Å². The Balaban J connectivity index is 2.38. The summed E-state index contributed by atoms with van der Waals surface area (Å²) >= 11 is 0. The number of nitro groups is 1. The van der Waals surface area contributed by atoms with Gasteiger partial charge in [-0.15, -0.1) is 6.42 Å². The molecule has 1 aromatic carbocycles. The second-order valence-corrected chi connectivity index (χ2v) is 9.77. The zero-order chi connectivity index (χ0) is 34.8. The molecule has 8 N–H and O–H groups in total. The highest BCUT2D eigenvalue weighted by atomic mass is 17.3. The summed E-state index contributed by atoms with van der Waals surface area (Å²) in [6, 6.07) is -1.01. The molecule has 0 fully saturated rings. The van der Waals surface area contributed by atoms with Crippen molar-refractivity contribution in [2.75, 3.05) is 19.7 Å². The summed E-state index contributed by atoms with van der Waals surface area (Å²) in [5.74, 6) is -1.69. The Labute approximate surface area is 267 Å². The van der Waals surface area contributed by atoms with Crippen molar-refractivity contribution in [3.63, 3.8) is 0 Å². The monoisotopic (exact) mass is 659 g/mol. The molecule has 19 heteroatoms. The van der Waals surface area contributed by atoms with E-state index in [9.17, 15) is 44.0 Å². The Morgan fingerprint density at radius 1 is 1.13 bits per heavy atom. The summed E-state index contributed by atoms with van der Waals surface area (Å²) in [6.45, 7) is -0.637. The lowest BCUT2D eigenvalue weighted by Gasteiger charge is -2.26. The third kappa shape index (κ3) is 13.3. The number of aliphatic carboxylic acids is 1. The van der Waals surface area contributed by atoms with Crippen LogP contribution in [0, 0.1) is 34.5 Å². The van der Waals surface area contributed by atoms with Crippen LogP contribution in [-0.4, -0.2) is 83.4 Å². The zero-order valence-corrected chi connectivity index (χ0v) is 24.9. The number of carboxylic acid groups (broad SMARTS) is 1. The van der Waals surface area contributed by atoms with Crippen molar-refractivity contribution in [2.45, 2.75) is 56.7 Å². The first-order valence-corrected chi connectivity index (χ1v) is 14.0. The van der Waals surface area contributed by atoms with E-state index in [1.54, 1.807) is 0 Å². The van der Waals surface area contributed by atoms with Crippen molar-refractivity contribution in [2.24, 2.45) is 5.73 Å². The standard InChI is InChI=1S/C28H33N7O12/c1-2-3-13-46-47-31-12-5-4-6-19-27(41)34-21(26(40)30-16-23(29)36)11-14-45-22-9-7-17(35(43)44)15-18(22)25(39)32-20(28(42)33-19)8-10-24(37)38/h1,7,9,15,19-21,31H,4-6,8,10-12,14,16H2,(H2,29,36)(H,30,40)(H,32,39)(H,33,42)(H,34,41)(H,37,38)/t19-,20-,21?/m0/s1. The Morgan fingerprint density at radius 2 is 1.85 bits per heavy atom. The number of hydrogen-bond acceptors (Lipinski definition) is 12. The maximum Gasteiger partial charge on any atom is 0.303 e. The first-order valence-electron chi connectivity index (χ1n) is 14.0. The van der Waals surface area contributed by atoms with Gasteiger partial charge in [0.15, 0.2) is 6.11 Å². The first kappa shape index (κ1) is 37.3. The number of amides is 5. The maximum atomic E-state index is 13.4. The summed E-state index contributed by atoms with van der Waals surface area (Å²) in [6.07, 6.45) is 6.49. The number of carbonyl (C=O) groups excluding carboxylic acids is 5. The topological polar surface area (TPSA) is 280 Å². The fourth-order valence-corrected chi connectivity index (χ4v) is 4.06. The van der Waals surface area contributed by atoms with Gasteiger partial charge < -0.3 is 36.8 Å². The van der Waals surface area contributed by atoms with Gasteiger partial charge >= 0.3 is 5.97 Å². The van der Waals surface area contributed by atoms with Crippen molar-refractivity contribution < 1.29 is 53.4 Å². The number of terminal acetylenes is 1. The molecule has 1 heterocycles. The number of ether oxygens (including phenoxy) is 1. The lowest BCUT2D eigenvalue weighted by Crippen LogP contribution is -2.57. The van der Waals surface area contributed by atoms with Crippen molar-refractivity contribution in [1.29, 1.82) is 0 Å². The number of nitro benzene ring substituents is 1. The molecule has 1 aliphatic heterocycles. The Hall–Kier alpha value is -5.92. The summed E-state index contributed by atoms with van der Waals surface area (Å²) < 4.78 is 5.65. The molecule has 0 saturated carbocycles. The van der Waals surface area contributed by atoms with Crippen LogP contribution in [0.1, 0.15) is 48.9 Å². The minimum absolute atomic E-state index is 0.00222. The van der Waals surface area contributed by atoms with Crippen LogP contribution in [-0.2, 0) is 33.8 Å². The number of non-ortho nitro benzene ring substituents is 1. The number of nitrogens with one attached hydrogen (secondary N) is 5. The number of carbonyl (C=O) groups is 6. The highest BCUT2D eigenvalue weighted by Crippen LogP contribution is 2.25. The van der Waals surface area contributed by atoms with Gasteiger partial charge in [-0.05, 0) is 37.7 Å². The average Bonchev–Trinajstić information content (AvgIpc) is 3.02. The van der Waals surface area contributed by atoms with E-state index in [-0.39, 0.29) is 43.7 Å². The SMILES string of the molecule is C#CC#COONCCCC[C@@H]1NC(=O)[C@H](CCC(=O)O)NC(=O)c2cc([N+](=O)[O-])ccc2OCCC(C(=O)NCC(N)=O)NC1=O. The molecule has 19 nitrogen and oxygen atoms in total. The van der Waals surface area contributed by atoms with Crippen LogP contribution in [0.15, 0.2) is 18.2 Å². The number of rotatable bonds is 14. The van der Waals surface area contributed by atoms with Gasteiger partial charge in [0.25, 0.3) is 11.6 Å². The van der Waals surface area contributed by atoms with Gasteiger partial charge in [0, 0.05) is 37.4 Å². The van der Waals surface area contributed by atoms with Crippen LogP contribution in [0.25, 0.3) is 0 Å². The van der Waals surface area contributed by atoms with E-state index in [4.69, 9.17) is 16.9 Å². The molecular formula is C28H33N7O12. The molecule has 1 aromatic rings. The van der Waals surface area contributed by atoms with Gasteiger partial charge in [0.1, 0.15) is 23.9 Å². The number of benzene rings is 1. The van der Waals surface area contributed by atoms with E-state index in [0.717, 1.165) is 18.2 Å². The minimum atomic E-state index is -1.50. The normalized spacial score (nSPS) is 18.1. The van der Waals surface area contributed by atoms with E-state index < -0.39 is 83.6 Å². The number of nitrogens with two attached hydrogens (primary N) is 1. The van der Waals surface area contributed by atoms with Crippen LogP contribution in [0.2, 0.25) is 0 Å². The summed E-state index contributed by atoms with van der Waals surface area (Å²) in [5.41, 5.74) is 6.74. The van der Waals surface area contributed by atoms with Crippen LogP contribution >= 0.6 is 0 Å². The van der Waals surface area contributed by atoms with E-state index in [1.165, 1.54) is 0 Å². The average molecular weight is 660 g/mol. The van der Waals surface area contributed by atoms with Crippen molar-refractivity contribution >= 4 is 41.2 Å². The summed E-state index contributed by atoms with van der Waals surface area (Å²) in [7, 11) is 0. The molecule has 3 atom stereocenters. The van der Waals surface area contributed by atoms with Crippen molar-refractivity contribution in [3.05, 3.63) is 33.9 Å². The molecular weight excluding hydrogens is 626 g/mol. The van der Waals surface area contributed by atoms with Gasteiger partial charge in [0.2, 0.25) is 23.6 Å². The molecule has 0 saturated heterocycles. The molecule has 252 valence electrons. The highest BCUT2D eigenvalue weighted by molar-refractivity contribution is 6.01. The van der Waals surface area contributed by atoms with Gasteiger partial charge in [-0.3, -0.25) is 43.8 Å². The minimum Gasteiger partial charge on any atom is -0.493 e. The van der Waals surface area contributed by atoms with E-state index in [1.807, 2.05) is 5.92 Å². The number of hydrogen-bond donors (Lipinski definition) is 7. The summed E-state index contributed by atoms with van der Waals surface area (Å²) in [5, 5.41) is 30.3. The molecule has 0 spiro atoms. The smallest absolute Gasteiger partial charge is 0.303 e. The second-order valence-electron chi connectivity index (χ2n) is 9.77. The van der Waals surface area contributed by atoms with Gasteiger partial charge in [-0.1, -0.05) is 4.99 Å². The fraction of sp³-hybridized carbons (Fsp3) is 0.429. The summed E-state index contributed by atoms with van der Waals surface area (Å²) in [4.78, 5) is 95.2. The number of nitrogens with zero attached hydrogens (tertiary/aromatic N) is 1. The molecule has 1 unspecified atom stereocenters. The zero-order valence-electron chi connectivity index (χ0n) is 24.9. The Kier molecular flexibility index (Phi) is 15.4. The largest absolute Gasteiger partial charge is 0.493 e. The quantitative estimate of drug-likeness (QED) is 0.0379. The Morgan fingerprint density at radius 3 is 2.53 bits per heavy atom. The molecule has 0 radical (unpaired) electrons. The van der Waals surface area contributed by atoms with E-state index in [2.05, 4.69) is 48.7 Å². The van der Waals surface area contributed by atoms with Crippen LogP contribution in [0.4, 0.5) is 5.69 Å². The Bertz CT molecular complexity index is 1450. The number of fused-ring (bicyclic) bond motifs is 1. The van der Waals surface area contributed by atoms with Crippen molar-refractivity contribution in [3.8, 4) is 30.1 Å². The molecule has 5 amide bonds. The number of hydroxylamine groups is 1. The van der Waals surface area contributed by atoms with Crippen molar-refractivity contribution in [1.82, 2.24) is 26.7 Å². The maximum absolute atomic E-state index is 13.4. The van der Waals surface area contributed by atoms with Crippen LogP contribution in [0.3, 0.4) is 0 Å². The second kappa shape index (κ2) is 19.5. The molecule has 2 rings (SSSR count). The highest BCUT2D eigenvalue weighted by Gasteiger charge is 2.31. The van der Waals surface area contributed by atoms with Crippen LogP contribution < -0.4 is 37.2 Å². The molecule has 0 bridgehead atoms. The predicted molar refractivity (Wildman–Crippen MR) is 158 cm³/mol. The van der Waals surface area contributed by atoms with E-state index >= 15 is 0 Å². The number of primary amides is 1. The lowest BCUT2D eigenvalue weighted by molar-refractivity contribution is -0.384. The third-order valence-corrected chi connectivity index (χ3v) is 6.34. The molecule has 0 aliphatic carbocycles. The van der Waals surface area contributed by atoms with Gasteiger partial charge in [-0.2, -0.15) is 5.48 Å². The van der Waals surface area contributed by atoms with Crippen LogP contribution in [0.5, 0.6) is 5.75 Å². The molecule has 0 aromatic heterocycles. The number of unbranched alkanes of at least 4 members (excludes halogenated alkanes) is 1. The lowest BCUT2D eigenvalue weighted by atomic mass is 10.0. The molecule has 1 aliphatic rings. The number of carboxylic acids is 1. The predicted octanol–water partition coefficient (Wildman–Crippen LogP) is -1.87. The van der Waals surface area contributed by atoms with Gasteiger partial charge in [-0.25, -0.2) is 0 Å². The fourth-order valence-electron chi connectivity index (χ4n) is 4.06. The van der Waals surface area contributed by atoms with E-state index in [0.29, 0.717) is 6.42 Å². The third-order valence-electron chi connectivity index (χ3n) is 6.34. The molecule has 47 heavy (non-hydrogen) atoms.